The molecular formula is C9H13ClN4O2. The number of nitrogens with zero attached hydrogens (tertiary/aromatic N) is 1. The Morgan fingerprint density at radius 1 is 1.62 bits per heavy atom. The quantitative estimate of drug-likeness (QED) is 0.356. The topological polar surface area (TPSA) is 104 Å². The molecule has 1 aromatic carbocycles. The van der Waals surface area contributed by atoms with Crippen molar-refractivity contribution in [3.05, 3.63) is 23.8 Å². The summed E-state index contributed by atoms with van der Waals surface area (Å²) < 4.78 is 4.98. The van der Waals surface area contributed by atoms with Gasteiger partial charge in [0.05, 0.1) is 13.3 Å². The average Bonchev–Trinajstić information content (AvgIpc) is 2.20. The first-order valence-electron chi connectivity index (χ1n) is 4.13. The van der Waals surface area contributed by atoms with Crippen LogP contribution in [0.15, 0.2) is 23.3 Å². The first kappa shape index (κ1) is 14.1. The average molecular weight is 245 g/mol. The third-order valence-corrected chi connectivity index (χ3v) is 1.62. The molecule has 0 aliphatic heterocycles. The highest BCUT2D eigenvalue weighted by molar-refractivity contribution is 5.85. The zero-order valence-electron chi connectivity index (χ0n) is 8.60. The maximum Gasteiger partial charge on any atom is 0.206 e. The molecule has 0 heterocycles. The van der Waals surface area contributed by atoms with Gasteiger partial charge in [0.15, 0.2) is 0 Å². The number of guanidine groups is 1. The van der Waals surface area contributed by atoms with Gasteiger partial charge in [0.1, 0.15) is 11.5 Å². The van der Waals surface area contributed by atoms with E-state index in [-0.39, 0.29) is 24.1 Å². The Labute approximate surface area is 99.0 Å². The Morgan fingerprint density at radius 3 is 2.88 bits per heavy atom. The second kappa shape index (κ2) is 6.52. The summed E-state index contributed by atoms with van der Waals surface area (Å²) in [6, 6.07) is 4.74. The highest BCUT2D eigenvalue weighted by atomic mass is 35.5. The van der Waals surface area contributed by atoms with Crippen molar-refractivity contribution in [1.29, 1.82) is 5.41 Å². The van der Waals surface area contributed by atoms with Gasteiger partial charge in [-0.1, -0.05) is 0 Å². The maximum absolute atomic E-state index is 9.44. The van der Waals surface area contributed by atoms with Gasteiger partial charge >= 0.3 is 0 Å². The number of nitrogens with one attached hydrogen (secondary N) is 2. The Hall–Kier alpha value is -1.95. The molecule has 0 atom stereocenters. The number of halogens is 1. The summed E-state index contributed by atoms with van der Waals surface area (Å²) in [5, 5.41) is 19.9. The summed E-state index contributed by atoms with van der Waals surface area (Å²) in [5.74, 6) is 0.413. The Morgan fingerprint density at radius 2 is 2.31 bits per heavy atom. The van der Waals surface area contributed by atoms with E-state index < -0.39 is 0 Å². The molecule has 0 bridgehead atoms. The molecule has 6 nitrogen and oxygen atoms in total. The largest absolute Gasteiger partial charge is 0.507 e. The van der Waals surface area contributed by atoms with Crippen molar-refractivity contribution in [2.75, 3.05) is 7.11 Å². The van der Waals surface area contributed by atoms with Gasteiger partial charge in [0.25, 0.3) is 0 Å². The lowest BCUT2D eigenvalue weighted by Crippen LogP contribution is -2.25. The number of ether oxygens (including phenoxy) is 1. The van der Waals surface area contributed by atoms with Crippen LogP contribution in [0.4, 0.5) is 0 Å². The molecule has 0 saturated carbocycles. The van der Waals surface area contributed by atoms with Crippen molar-refractivity contribution < 1.29 is 9.84 Å². The number of hydrazone groups is 1. The van der Waals surface area contributed by atoms with Crippen LogP contribution in [-0.2, 0) is 0 Å². The lowest BCUT2D eigenvalue weighted by Gasteiger charge is -2.02. The molecule has 88 valence electrons. The molecule has 0 spiro atoms. The van der Waals surface area contributed by atoms with Gasteiger partial charge < -0.3 is 15.6 Å². The number of phenols is 1. The third-order valence-electron chi connectivity index (χ3n) is 1.62. The van der Waals surface area contributed by atoms with E-state index in [9.17, 15) is 5.11 Å². The smallest absolute Gasteiger partial charge is 0.206 e. The van der Waals surface area contributed by atoms with Crippen molar-refractivity contribution in [1.82, 2.24) is 5.43 Å². The number of methoxy groups -OCH3 is 1. The summed E-state index contributed by atoms with van der Waals surface area (Å²) in [4.78, 5) is 0. The van der Waals surface area contributed by atoms with Gasteiger partial charge in [-0.25, -0.2) is 5.43 Å². The standard InChI is InChI=1S/C9H12N4O2.ClH/c1-15-7-2-3-8(14)6(4-7)5-12-13-9(10)11;/h2-5,14H,1H3,(H4,10,11,13);1H/b12-5-;. The van der Waals surface area contributed by atoms with Crippen molar-refractivity contribution in [2.24, 2.45) is 10.8 Å². The SMILES string of the molecule is COc1ccc(O)c(/C=N\NC(=N)N)c1.Cl. The minimum Gasteiger partial charge on any atom is -0.507 e. The Bertz CT molecular complexity index is 395. The van der Waals surface area contributed by atoms with Gasteiger partial charge in [0.2, 0.25) is 5.96 Å². The molecule has 0 aromatic heterocycles. The van der Waals surface area contributed by atoms with Gasteiger partial charge in [-0.05, 0) is 18.2 Å². The van der Waals surface area contributed by atoms with E-state index >= 15 is 0 Å². The third kappa shape index (κ3) is 4.05. The van der Waals surface area contributed by atoms with E-state index in [1.54, 1.807) is 12.1 Å². The van der Waals surface area contributed by atoms with E-state index in [1.165, 1.54) is 19.4 Å². The van der Waals surface area contributed by atoms with E-state index in [0.29, 0.717) is 11.3 Å². The van der Waals surface area contributed by atoms with Gasteiger partial charge in [-0.15, -0.1) is 12.4 Å². The molecule has 1 rings (SSSR count). The summed E-state index contributed by atoms with van der Waals surface area (Å²) in [6.45, 7) is 0. The fourth-order valence-electron chi connectivity index (χ4n) is 0.934. The van der Waals surface area contributed by atoms with Crippen molar-refractivity contribution in [3.63, 3.8) is 0 Å². The highest BCUT2D eigenvalue weighted by Gasteiger charge is 1.99. The Kier molecular flexibility index (Phi) is 5.72. The number of benzene rings is 1. The van der Waals surface area contributed by atoms with Crippen LogP contribution in [0.5, 0.6) is 11.5 Å². The number of hydrogen-bond acceptors (Lipinski definition) is 4. The van der Waals surface area contributed by atoms with Crippen molar-refractivity contribution >= 4 is 24.6 Å². The second-order valence-electron chi connectivity index (χ2n) is 2.71. The molecule has 0 saturated heterocycles. The van der Waals surface area contributed by atoms with Crippen molar-refractivity contribution in [2.45, 2.75) is 0 Å². The summed E-state index contributed by atoms with van der Waals surface area (Å²) in [6.07, 6.45) is 1.35. The van der Waals surface area contributed by atoms with Crippen LogP contribution in [0.1, 0.15) is 5.56 Å². The molecular weight excluding hydrogens is 232 g/mol. The predicted molar refractivity (Wildman–Crippen MR) is 64.6 cm³/mol. The van der Waals surface area contributed by atoms with Crippen LogP contribution in [0.2, 0.25) is 0 Å². The number of phenolic OH excluding ortho intramolecular Hbond substituents is 1. The second-order valence-corrected chi connectivity index (χ2v) is 2.71. The molecule has 0 unspecified atom stereocenters. The van der Waals surface area contributed by atoms with Crippen LogP contribution in [0, 0.1) is 5.41 Å². The first-order valence-corrected chi connectivity index (χ1v) is 4.13. The zero-order valence-corrected chi connectivity index (χ0v) is 9.41. The molecule has 0 amide bonds. The minimum absolute atomic E-state index is 0. The maximum atomic E-state index is 9.44. The van der Waals surface area contributed by atoms with E-state index in [2.05, 4.69) is 10.5 Å². The summed E-state index contributed by atoms with van der Waals surface area (Å²) >= 11 is 0. The van der Waals surface area contributed by atoms with Crippen molar-refractivity contribution in [3.8, 4) is 11.5 Å². The van der Waals surface area contributed by atoms with Crippen LogP contribution in [0.3, 0.4) is 0 Å². The van der Waals surface area contributed by atoms with Gasteiger partial charge in [-0.3, -0.25) is 5.41 Å². The molecule has 1 aromatic rings. The molecule has 0 aliphatic rings. The van der Waals surface area contributed by atoms with Gasteiger partial charge in [-0.2, -0.15) is 5.10 Å². The minimum atomic E-state index is -0.270. The summed E-state index contributed by atoms with van der Waals surface area (Å²) in [7, 11) is 1.53. The Balaban J connectivity index is 0.00000225. The number of rotatable bonds is 3. The fourth-order valence-corrected chi connectivity index (χ4v) is 0.934. The first-order chi connectivity index (χ1) is 7.13. The monoisotopic (exact) mass is 244 g/mol. The van der Waals surface area contributed by atoms with Crippen LogP contribution >= 0.6 is 12.4 Å². The van der Waals surface area contributed by atoms with Crippen LogP contribution in [0.25, 0.3) is 0 Å². The molecule has 7 heteroatoms. The predicted octanol–water partition coefficient (Wildman–Crippen LogP) is 0.640. The van der Waals surface area contributed by atoms with Crippen LogP contribution < -0.4 is 15.9 Å². The molecule has 0 aliphatic carbocycles. The molecule has 0 fully saturated rings. The van der Waals surface area contributed by atoms with E-state index in [0.717, 1.165) is 0 Å². The normalized spacial score (nSPS) is 9.56. The highest BCUT2D eigenvalue weighted by Crippen LogP contribution is 2.20. The molecule has 0 radical (unpaired) electrons. The summed E-state index contributed by atoms with van der Waals surface area (Å²) in [5.41, 5.74) is 7.73. The zero-order chi connectivity index (χ0) is 11.3. The van der Waals surface area contributed by atoms with Gasteiger partial charge in [0, 0.05) is 5.56 Å². The molecule has 5 N–H and O–H groups in total. The van der Waals surface area contributed by atoms with Crippen LogP contribution in [-0.4, -0.2) is 24.4 Å². The lowest BCUT2D eigenvalue weighted by atomic mass is 10.2. The van der Waals surface area contributed by atoms with E-state index in [4.69, 9.17) is 15.9 Å². The fraction of sp³-hybridized carbons (Fsp3) is 0.111. The lowest BCUT2D eigenvalue weighted by molar-refractivity contribution is 0.412. The number of hydrogen-bond donors (Lipinski definition) is 4. The number of nitrogens with two attached hydrogens (primary N) is 1. The molecule has 16 heavy (non-hydrogen) atoms. The number of aromatic hydroxyl groups is 1. The van der Waals surface area contributed by atoms with E-state index in [1.807, 2.05) is 0 Å².